The highest BCUT2D eigenvalue weighted by molar-refractivity contribution is 5.80. The van der Waals surface area contributed by atoms with Gasteiger partial charge in [0.2, 0.25) is 0 Å². The van der Waals surface area contributed by atoms with Gasteiger partial charge in [-0.2, -0.15) is 5.06 Å². The van der Waals surface area contributed by atoms with Gasteiger partial charge in [-0.3, -0.25) is 0 Å². The summed E-state index contributed by atoms with van der Waals surface area (Å²) in [5, 5.41) is 3.88. The first kappa shape index (κ1) is 13.4. The van der Waals surface area contributed by atoms with Gasteiger partial charge in [0.05, 0.1) is 18.0 Å². The summed E-state index contributed by atoms with van der Waals surface area (Å²) in [6, 6.07) is 9.06. The van der Waals surface area contributed by atoms with E-state index in [1.807, 2.05) is 30.3 Å². The summed E-state index contributed by atoms with van der Waals surface area (Å²) in [5.41, 5.74) is 0.357. The first-order chi connectivity index (χ1) is 8.88. The van der Waals surface area contributed by atoms with Crippen LogP contribution in [0.2, 0.25) is 0 Å². The van der Waals surface area contributed by atoms with E-state index in [-0.39, 0.29) is 12.1 Å². The Balaban J connectivity index is 2.03. The molecule has 1 saturated heterocycles. The topological polar surface area (TPSA) is 58.6 Å². The third-order valence-electron chi connectivity index (χ3n) is 2.88. The maximum Gasteiger partial charge on any atom is 0.351 e. The lowest BCUT2D eigenvalue weighted by atomic mass is 9.98. The van der Waals surface area contributed by atoms with Crippen molar-refractivity contribution in [2.24, 2.45) is 5.41 Å². The van der Waals surface area contributed by atoms with E-state index < -0.39 is 11.4 Å². The van der Waals surface area contributed by atoms with E-state index in [1.54, 1.807) is 20.8 Å². The largest absolute Gasteiger partial charge is 0.351 e. The second-order valence-corrected chi connectivity index (χ2v) is 5.60. The molecule has 0 saturated carbocycles. The zero-order chi connectivity index (χ0) is 14.0. The maximum absolute atomic E-state index is 11.8. The average Bonchev–Trinajstić information content (AvgIpc) is 2.71. The summed E-state index contributed by atoms with van der Waals surface area (Å²) in [6.07, 6.45) is 0. The predicted molar refractivity (Wildman–Crippen MR) is 70.0 cm³/mol. The second kappa shape index (κ2) is 4.91. The molecular weight excluding hydrogens is 244 g/mol. The van der Waals surface area contributed by atoms with E-state index >= 15 is 0 Å². The quantitative estimate of drug-likeness (QED) is 0.889. The number of nitrogens with one attached hydrogen (secondary N) is 1. The van der Waals surface area contributed by atoms with Gasteiger partial charge in [0, 0.05) is 0 Å². The number of hydrogen-bond acceptors (Lipinski definition) is 3. The highest BCUT2D eigenvalue weighted by Gasteiger charge is 2.35. The molecule has 1 heterocycles. The van der Waals surface area contributed by atoms with Gasteiger partial charge in [0.25, 0.3) is 0 Å². The zero-order valence-corrected chi connectivity index (χ0v) is 11.3. The van der Waals surface area contributed by atoms with Crippen LogP contribution in [0.15, 0.2) is 30.3 Å². The Kier molecular flexibility index (Phi) is 3.46. The lowest BCUT2D eigenvalue weighted by Crippen LogP contribution is -2.35. The molecule has 1 aromatic carbocycles. The number of urea groups is 1. The average molecular weight is 262 g/mol. The summed E-state index contributed by atoms with van der Waals surface area (Å²) < 4.78 is 0. The molecule has 5 nitrogen and oxygen atoms in total. The zero-order valence-electron chi connectivity index (χ0n) is 11.3. The van der Waals surface area contributed by atoms with E-state index in [2.05, 4.69) is 5.32 Å². The number of hydroxylamine groups is 2. The van der Waals surface area contributed by atoms with Crippen molar-refractivity contribution in [2.75, 3.05) is 6.54 Å². The van der Waals surface area contributed by atoms with E-state index in [0.29, 0.717) is 6.54 Å². The van der Waals surface area contributed by atoms with Crippen LogP contribution in [0.5, 0.6) is 0 Å². The van der Waals surface area contributed by atoms with Crippen molar-refractivity contribution in [2.45, 2.75) is 26.8 Å². The van der Waals surface area contributed by atoms with Crippen LogP contribution in [0.1, 0.15) is 32.4 Å². The molecule has 0 aromatic heterocycles. The van der Waals surface area contributed by atoms with E-state index in [9.17, 15) is 9.59 Å². The predicted octanol–water partition coefficient (Wildman–Crippen LogP) is 2.26. The van der Waals surface area contributed by atoms with Crippen molar-refractivity contribution in [3.05, 3.63) is 35.9 Å². The molecule has 1 unspecified atom stereocenters. The van der Waals surface area contributed by atoms with Crippen LogP contribution >= 0.6 is 0 Å². The van der Waals surface area contributed by atoms with Crippen LogP contribution in [0.3, 0.4) is 0 Å². The van der Waals surface area contributed by atoms with Crippen molar-refractivity contribution >= 4 is 12.0 Å². The molecule has 2 rings (SSSR count). The fourth-order valence-corrected chi connectivity index (χ4v) is 1.71. The van der Waals surface area contributed by atoms with E-state index in [4.69, 9.17) is 4.84 Å². The molecule has 1 aromatic rings. The van der Waals surface area contributed by atoms with Gasteiger partial charge in [0.15, 0.2) is 0 Å². The fraction of sp³-hybridized carbons (Fsp3) is 0.429. The van der Waals surface area contributed by atoms with Crippen molar-refractivity contribution in [1.29, 1.82) is 0 Å². The smallest absolute Gasteiger partial charge is 0.336 e. The van der Waals surface area contributed by atoms with Gasteiger partial charge in [-0.25, -0.2) is 9.59 Å². The first-order valence-corrected chi connectivity index (χ1v) is 6.23. The molecule has 0 bridgehead atoms. The van der Waals surface area contributed by atoms with Crippen molar-refractivity contribution in [3.63, 3.8) is 0 Å². The van der Waals surface area contributed by atoms with Crippen LogP contribution < -0.4 is 5.32 Å². The van der Waals surface area contributed by atoms with Gasteiger partial charge < -0.3 is 10.2 Å². The van der Waals surface area contributed by atoms with Gasteiger partial charge in [0.1, 0.15) is 0 Å². The van der Waals surface area contributed by atoms with Gasteiger partial charge in [-0.15, -0.1) is 0 Å². The van der Waals surface area contributed by atoms with Crippen LogP contribution in [-0.2, 0) is 9.63 Å². The van der Waals surface area contributed by atoms with Gasteiger partial charge in [-0.1, -0.05) is 30.3 Å². The molecule has 1 fully saturated rings. The number of amides is 2. The van der Waals surface area contributed by atoms with E-state index in [0.717, 1.165) is 10.6 Å². The molecule has 0 spiro atoms. The van der Waals surface area contributed by atoms with Crippen molar-refractivity contribution in [1.82, 2.24) is 10.4 Å². The van der Waals surface area contributed by atoms with Crippen LogP contribution in [0, 0.1) is 5.41 Å². The van der Waals surface area contributed by atoms with Crippen LogP contribution in [-0.4, -0.2) is 23.6 Å². The summed E-state index contributed by atoms with van der Waals surface area (Å²) >= 11 is 0. The maximum atomic E-state index is 11.8. The SMILES string of the molecule is CC(C)(C)C(=O)ON1CC(c2ccccc2)NC1=O. The summed E-state index contributed by atoms with van der Waals surface area (Å²) in [4.78, 5) is 28.6. The standard InChI is InChI=1S/C14H18N2O3/c1-14(2,3)12(17)19-16-9-11(15-13(16)18)10-7-5-4-6-8-10/h4-8,11H,9H2,1-3H3,(H,15,18). The Bertz CT molecular complexity index is 479. The minimum absolute atomic E-state index is 0.151. The van der Waals surface area contributed by atoms with Crippen molar-refractivity contribution < 1.29 is 14.4 Å². The molecule has 0 aliphatic carbocycles. The number of nitrogens with zero attached hydrogens (tertiary/aromatic N) is 1. The lowest BCUT2D eigenvalue weighted by molar-refractivity contribution is -0.184. The highest BCUT2D eigenvalue weighted by Crippen LogP contribution is 2.22. The molecule has 1 aliphatic rings. The Morgan fingerprint density at radius 3 is 2.53 bits per heavy atom. The lowest BCUT2D eigenvalue weighted by Gasteiger charge is -2.20. The minimum atomic E-state index is -0.634. The molecule has 1 aliphatic heterocycles. The highest BCUT2D eigenvalue weighted by atomic mass is 16.7. The van der Waals surface area contributed by atoms with Crippen LogP contribution in [0.25, 0.3) is 0 Å². The number of carbonyl (C=O) groups excluding carboxylic acids is 2. The van der Waals surface area contributed by atoms with Crippen LogP contribution in [0.4, 0.5) is 4.79 Å². The molecule has 19 heavy (non-hydrogen) atoms. The Morgan fingerprint density at radius 2 is 1.95 bits per heavy atom. The molecule has 1 atom stereocenters. The molecule has 2 amide bonds. The second-order valence-electron chi connectivity index (χ2n) is 5.60. The first-order valence-electron chi connectivity index (χ1n) is 6.23. The van der Waals surface area contributed by atoms with Gasteiger partial charge >= 0.3 is 12.0 Å². The third kappa shape index (κ3) is 3.05. The van der Waals surface area contributed by atoms with Gasteiger partial charge in [-0.05, 0) is 26.3 Å². The minimum Gasteiger partial charge on any atom is -0.336 e. The molecule has 1 N–H and O–H groups in total. The molecular formula is C14H18N2O3. The fourth-order valence-electron chi connectivity index (χ4n) is 1.71. The monoisotopic (exact) mass is 262 g/mol. The van der Waals surface area contributed by atoms with Crippen molar-refractivity contribution in [3.8, 4) is 0 Å². The normalized spacial score (nSPS) is 19.2. The third-order valence-corrected chi connectivity index (χ3v) is 2.88. The summed E-state index contributed by atoms with van der Waals surface area (Å²) in [5.74, 6) is -0.420. The number of benzene rings is 1. The summed E-state index contributed by atoms with van der Waals surface area (Å²) in [6.45, 7) is 5.57. The molecule has 5 heteroatoms. The number of carbonyl (C=O) groups is 2. The molecule has 102 valence electrons. The Hall–Kier alpha value is -2.04. The van der Waals surface area contributed by atoms with E-state index in [1.165, 1.54) is 0 Å². The number of rotatable bonds is 2. The Morgan fingerprint density at radius 1 is 1.32 bits per heavy atom. The number of hydrogen-bond donors (Lipinski definition) is 1. The molecule has 0 radical (unpaired) electrons. The summed E-state index contributed by atoms with van der Waals surface area (Å²) in [7, 11) is 0. The Labute approximate surface area is 112 Å².